The minimum absolute atomic E-state index is 0.0190. The fourth-order valence-electron chi connectivity index (χ4n) is 5.04. The van der Waals surface area contributed by atoms with Crippen LogP contribution < -0.4 is 0 Å². The number of carbonyl (C=O) groups is 1. The van der Waals surface area contributed by atoms with Crippen LogP contribution in [-0.2, 0) is 14.8 Å². The average Bonchev–Trinajstić information content (AvgIpc) is 3.65. The van der Waals surface area contributed by atoms with E-state index in [0.717, 1.165) is 29.5 Å². The summed E-state index contributed by atoms with van der Waals surface area (Å²) >= 11 is 0. The van der Waals surface area contributed by atoms with Crippen molar-refractivity contribution >= 4 is 15.9 Å². The highest BCUT2D eigenvalue weighted by Crippen LogP contribution is 2.54. The number of hydrogen-bond acceptors (Lipinski definition) is 3. The van der Waals surface area contributed by atoms with E-state index in [4.69, 9.17) is 0 Å². The summed E-state index contributed by atoms with van der Waals surface area (Å²) in [5.74, 6) is -0.0917. The summed E-state index contributed by atoms with van der Waals surface area (Å²) in [7, 11) is -3.63. The number of hydrogen-bond donors (Lipinski definition) is 0. The number of sulfonamides is 1. The lowest BCUT2D eigenvalue weighted by Crippen LogP contribution is -2.42. The molecule has 2 saturated heterocycles. The van der Waals surface area contributed by atoms with Gasteiger partial charge in [-0.15, -0.1) is 0 Å². The number of rotatable bonds is 6. The van der Waals surface area contributed by atoms with Crippen LogP contribution in [0.5, 0.6) is 0 Å². The monoisotopic (exact) mass is 486 g/mol. The number of piperidine rings is 1. The van der Waals surface area contributed by atoms with Crippen molar-refractivity contribution in [3.05, 3.63) is 114 Å². The molecule has 0 spiro atoms. The molecule has 1 amide bonds. The summed E-state index contributed by atoms with van der Waals surface area (Å²) in [4.78, 5) is 15.5. The van der Waals surface area contributed by atoms with Gasteiger partial charge in [0.1, 0.15) is 0 Å². The fourth-order valence-corrected chi connectivity index (χ4v) is 6.69. The molecule has 0 bridgehead atoms. The van der Waals surface area contributed by atoms with Gasteiger partial charge in [-0.05, 0) is 43.0 Å². The Balaban J connectivity index is 1.37. The van der Waals surface area contributed by atoms with Crippen LogP contribution in [0.25, 0.3) is 0 Å². The van der Waals surface area contributed by atoms with E-state index in [0.29, 0.717) is 17.9 Å². The third kappa shape index (κ3) is 4.81. The normalized spacial score (nSPS) is 22.9. The molecule has 5 rings (SSSR count). The van der Waals surface area contributed by atoms with Crippen LogP contribution in [0.4, 0.5) is 0 Å². The number of carbonyl (C=O) groups excluding carboxylic acids is 1. The Labute approximate surface area is 207 Å². The first kappa shape index (κ1) is 23.5. The largest absolute Gasteiger partial charge is 0.320 e. The first-order valence-corrected chi connectivity index (χ1v) is 13.6. The first-order valence-electron chi connectivity index (χ1n) is 12.2. The molecule has 35 heavy (non-hydrogen) atoms. The van der Waals surface area contributed by atoms with Crippen molar-refractivity contribution in [3.63, 3.8) is 0 Å². The molecule has 0 aromatic heterocycles. The molecule has 2 heterocycles. The molecular weight excluding hydrogens is 456 g/mol. The molecule has 0 saturated carbocycles. The van der Waals surface area contributed by atoms with Gasteiger partial charge < -0.3 is 4.90 Å². The van der Waals surface area contributed by atoms with Crippen molar-refractivity contribution in [1.29, 1.82) is 0 Å². The van der Waals surface area contributed by atoms with Crippen molar-refractivity contribution in [2.45, 2.75) is 49.2 Å². The third-order valence-electron chi connectivity index (χ3n) is 6.93. The van der Waals surface area contributed by atoms with E-state index in [1.54, 1.807) is 28.6 Å². The van der Waals surface area contributed by atoms with Gasteiger partial charge in [0, 0.05) is 18.7 Å². The highest BCUT2D eigenvalue weighted by molar-refractivity contribution is 7.89. The minimum Gasteiger partial charge on any atom is -0.320 e. The van der Waals surface area contributed by atoms with Crippen LogP contribution in [0.15, 0.2) is 102 Å². The van der Waals surface area contributed by atoms with Gasteiger partial charge in [-0.25, -0.2) is 8.42 Å². The zero-order chi connectivity index (χ0) is 24.4. The molecule has 6 heteroatoms. The first-order chi connectivity index (χ1) is 17.0. The third-order valence-corrected chi connectivity index (χ3v) is 8.87. The maximum absolute atomic E-state index is 13.4. The van der Waals surface area contributed by atoms with Crippen molar-refractivity contribution in [1.82, 2.24) is 9.21 Å². The maximum Gasteiger partial charge on any atom is 0.247 e. The van der Waals surface area contributed by atoms with Crippen molar-refractivity contribution in [2.24, 2.45) is 0 Å². The highest BCUT2D eigenvalue weighted by atomic mass is 32.2. The van der Waals surface area contributed by atoms with Crippen molar-refractivity contribution < 1.29 is 13.2 Å². The molecule has 3 atom stereocenters. The molecule has 2 aliphatic rings. The second kappa shape index (κ2) is 9.80. The van der Waals surface area contributed by atoms with E-state index in [1.807, 2.05) is 60.4 Å². The molecule has 3 aromatic rings. The standard InChI is InChI=1S/C29H30N2O3S/c1-22-15-18-26(19-16-22)35(33,34)30-21-9-8-14-25(30)17-20-27(32)31-28(23-10-4-2-5-11-23)29(31)24-12-6-3-7-13-24/h2-7,10-13,15-20,25,28-29H,8-9,14,21H2,1H3/b20-17+/t25-,28-,29-/m1/s1. The molecule has 0 radical (unpaired) electrons. The van der Waals surface area contributed by atoms with E-state index in [1.165, 1.54) is 0 Å². The molecule has 0 aliphatic carbocycles. The molecular formula is C29H30N2O3S. The van der Waals surface area contributed by atoms with Gasteiger partial charge >= 0.3 is 0 Å². The van der Waals surface area contributed by atoms with Gasteiger partial charge in [0.15, 0.2) is 0 Å². The summed E-state index contributed by atoms with van der Waals surface area (Å²) in [6.45, 7) is 2.40. The summed E-state index contributed by atoms with van der Waals surface area (Å²) in [6, 6.07) is 26.7. The quantitative estimate of drug-likeness (QED) is 0.345. The van der Waals surface area contributed by atoms with Gasteiger partial charge in [0.2, 0.25) is 15.9 Å². The molecule has 0 N–H and O–H groups in total. The molecule has 2 fully saturated rings. The molecule has 180 valence electrons. The molecule has 0 unspecified atom stereocenters. The molecule has 2 aliphatic heterocycles. The van der Waals surface area contributed by atoms with Gasteiger partial charge in [0.05, 0.1) is 17.0 Å². The number of nitrogens with zero attached hydrogens (tertiary/aromatic N) is 2. The van der Waals surface area contributed by atoms with Crippen LogP contribution in [-0.4, -0.2) is 36.1 Å². The summed E-state index contributed by atoms with van der Waals surface area (Å²) in [5.41, 5.74) is 3.22. The second-order valence-corrected chi connectivity index (χ2v) is 11.2. The van der Waals surface area contributed by atoms with E-state index < -0.39 is 10.0 Å². The van der Waals surface area contributed by atoms with Crippen molar-refractivity contribution in [3.8, 4) is 0 Å². The summed E-state index contributed by atoms with van der Waals surface area (Å²) in [6.07, 6.45) is 5.83. The van der Waals surface area contributed by atoms with Crippen molar-refractivity contribution in [2.75, 3.05) is 6.54 Å². The Morgan fingerprint density at radius 1 is 0.829 bits per heavy atom. The van der Waals surface area contributed by atoms with Gasteiger partial charge in [-0.3, -0.25) is 4.79 Å². The highest BCUT2D eigenvalue weighted by Gasteiger charge is 2.51. The van der Waals surface area contributed by atoms with Gasteiger partial charge in [0.25, 0.3) is 0 Å². The van der Waals surface area contributed by atoms with E-state index >= 15 is 0 Å². The minimum atomic E-state index is -3.63. The molecule has 5 nitrogen and oxygen atoms in total. The fraction of sp³-hybridized carbons (Fsp3) is 0.276. The second-order valence-electron chi connectivity index (χ2n) is 9.31. The number of aryl methyl sites for hydroxylation is 1. The van der Waals surface area contributed by atoms with Gasteiger partial charge in [-0.1, -0.05) is 90.9 Å². The Morgan fingerprint density at radius 3 is 1.97 bits per heavy atom. The van der Waals surface area contributed by atoms with Gasteiger partial charge in [-0.2, -0.15) is 4.31 Å². The summed E-state index contributed by atoms with van der Waals surface area (Å²) in [5, 5.41) is 0. The van der Waals surface area contributed by atoms with Crippen LogP contribution >= 0.6 is 0 Å². The predicted molar refractivity (Wildman–Crippen MR) is 137 cm³/mol. The zero-order valence-corrected chi connectivity index (χ0v) is 20.6. The summed E-state index contributed by atoms with van der Waals surface area (Å²) < 4.78 is 28.3. The lowest BCUT2D eigenvalue weighted by atomic mass is 10.0. The zero-order valence-electron chi connectivity index (χ0n) is 19.8. The topological polar surface area (TPSA) is 57.5 Å². The Hall–Kier alpha value is -3.22. The predicted octanol–water partition coefficient (Wildman–Crippen LogP) is 5.42. The van der Waals surface area contributed by atoms with E-state index in [9.17, 15) is 13.2 Å². The van der Waals surface area contributed by atoms with Crippen LogP contribution in [0.3, 0.4) is 0 Å². The number of benzene rings is 3. The van der Waals surface area contributed by atoms with Crippen LogP contribution in [0, 0.1) is 6.92 Å². The lowest BCUT2D eigenvalue weighted by Gasteiger charge is -2.33. The Kier molecular flexibility index (Phi) is 6.58. The Morgan fingerprint density at radius 2 is 1.40 bits per heavy atom. The average molecular weight is 487 g/mol. The van der Waals surface area contributed by atoms with Crippen LogP contribution in [0.2, 0.25) is 0 Å². The van der Waals surface area contributed by atoms with E-state index in [-0.39, 0.29) is 24.0 Å². The molecule has 3 aromatic carbocycles. The van der Waals surface area contributed by atoms with Crippen LogP contribution in [0.1, 0.15) is 48.0 Å². The SMILES string of the molecule is Cc1ccc(S(=O)(=O)N2CCCC[C@@H]2/C=C/C(=O)N2[C@H](c3ccccc3)[C@H]2c2ccccc2)cc1. The smallest absolute Gasteiger partial charge is 0.247 e. The van der Waals surface area contributed by atoms with E-state index in [2.05, 4.69) is 24.3 Å². The lowest BCUT2D eigenvalue weighted by molar-refractivity contribution is -0.121. The number of amides is 1. The maximum atomic E-state index is 13.4. The Bertz CT molecular complexity index is 1260.